The maximum Gasteiger partial charge on any atom is 0.461 e. The van der Waals surface area contributed by atoms with Crippen molar-refractivity contribution in [2.75, 3.05) is 38.1 Å². The Morgan fingerprint density at radius 2 is 1.88 bits per heavy atom. The SMILES string of the molecule is CC1(C)OC[C@H](CO[P@](=O)(Oc2ccccc2)N(CCCl)CCCl)O1. The lowest BCUT2D eigenvalue weighted by atomic mass is 10.3. The Bertz CT molecular complexity index is 569. The minimum Gasteiger partial charge on any atom is -0.413 e. The highest BCUT2D eigenvalue weighted by molar-refractivity contribution is 7.51. The maximum atomic E-state index is 13.4. The highest BCUT2D eigenvalue weighted by Crippen LogP contribution is 2.52. The number of hydrogen-bond donors (Lipinski definition) is 0. The molecule has 0 bridgehead atoms. The molecule has 142 valence electrons. The zero-order valence-corrected chi connectivity index (χ0v) is 16.8. The third kappa shape index (κ3) is 6.40. The molecule has 9 heteroatoms. The number of alkyl halides is 2. The fourth-order valence-electron chi connectivity index (χ4n) is 2.35. The number of ether oxygens (including phenoxy) is 2. The first-order chi connectivity index (χ1) is 11.9. The molecule has 0 N–H and O–H groups in total. The Hall–Kier alpha value is -0.330. The number of para-hydroxylation sites is 1. The molecule has 2 atom stereocenters. The van der Waals surface area contributed by atoms with Gasteiger partial charge < -0.3 is 14.0 Å². The van der Waals surface area contributed by atoms with Gasteiger partial charge in [0.15, 0.2) is 5.79 Å². The number of nitrogens with zero attached hydrogens (tertiary/aromatic N) is 1. The summed E-state index contributed by atoms with van der Waals surface area (Å²) in [5.74, 6) is 0.324. The van der Waals surface area contributed by atoms with E-state index in [0.717, 1.165) is 0 Å². The minimum atomic E-state index is -3.65. The first-order valence-corrected chi connectivity index (χ1v) is 10.6. The fraction of sp³-hybridized carbons (Fsp3) is 0.625. The van der Waals surface area contributed by atoms with Crippen molar-refractivity contribution < 1.29 is 23.1 Å². The fourth-order valence-corrected chi connectivity index (χ4v) is 4.76. The molecule has 0 spiro atoms. The van der Waals surface area contributed by atoms with E-state index in [1.165, 1.54) is 0 Å². The highest BCUT2D eigenvalue weighted by atomic mass is 35.5. The molecule has 0 radical (unpaired) electrons. The van der Waals surface area contributed by atoms with Crippen LogP contribution in [0.15, 0.2) is 30.3 Å². The molecule has 1 fully saturated rings. The van der Waals surface area contributed by atoms with Crippen molar-refractivity contribution in [2.45, 2.75) is 25.7 Å². The van der Waals surface area contributed by atoms with Gasteiger partial charge in [0.05, 0.1) is 13.2 Å². The normalized spacial score (nSPS) is 22.0. The Kier molecular flexibility index (Phi) is 8.02. The van der Waals surface area contributed by atoms with Gasteiger partial charge >= 0.3 is 7.75 Å². The summed E-state index contributed by atoms with van der Waals surface area (Å²) in [6, 6.07) is 8.87. The van der Waals surface area contributed by atoms with E-state index in [1.807, 2.05) is 19.9 Å². The molecule has 0 saturated carbocycles. The topological polar surface area (TPSA) is 57.2 Å². The molecule has 0 aromatic heterocycles. The summed E-state index contributed by atoms with van der Waals surface area (Å²) in [5, 5.41) is 0. The van der Waals surface area contributed by atoms with Crippen molar-refractivity contribution in [1.29, 1.82) is 0 Å². The van der Waals surface area contributed by atoms with Crippen LogP contribution in [-0.2, 0) is 18.6 Å². The monoisotopic (exact) mass is 411 g/mol. The van der Waals surface area contributed by atoms with E-state index in [2.05, 4.69) is 0 Å². The average Bonchev–Trinajstić information content (AvgIpc) is 2.93. The molecule has 6 nitrogen and oxygen atoms in total. The van der Waals surface area contributed by atoms with E-state index < -0.39 is 13.5 Å². The predicted octanol–water partition coefficient (Wildman–Crippen LogP) is 4.12. The van der Waals surface area contributed by atoms with Crippen molar-refractivity contribution in [1.82, 2.24) is 4.67 Å². The second kappa shape index (κ2) is 9.56. The lowest BCUT2D eigenvalue weighted by Gasteiger charge is -2.30. The van der Waals surface area contributed by atoms with Gasteiger partial charge in [0.25, 0.3) is 0 Å². The lowest BCUT2D eigenvalue weighted by Crippen LogP contribution is -2.31. The summed E-state index contributed by atoms with van der Waals surface area (Å²) >= 11 is 11.7. The standard InChI is InChI=1S/C16H24Cl2NO5P/c1-16(2)21-12-15(23-16)13-22-25(20,19(10-8-17)11-9-18)24-14-6-4-3-5-7-14/h3-7,15H,8-13H2,1-2H3/t15-,25+/m1/s1. The van der Waals surface area contributed by atoms with Crippen molar-refractivity contribution >= 4 is 30.9 Å². The molecular formula is C16H24Cl2NO5P. The van der Waals surface area contributed by atoms with Gasteiger partial charge in [-0.2, -0.15) is 4.67 Å². The van der Waals surface area contributed by atoms with Gasteiger partial charge in [-0.15, -0.1) is 23.2 Å². The van der Waals surface area contributed by atoms with Gasteiger partial charge in [-0.1, -0.05) is 18.2 Å². The van der Waals surface area contributed by atoms with Crippen molar-refractivity contribution in [3.8, 4) is 5.75 Å². The van der Waals surface area contributed by atoms with Gasteiger partial charge in [-0.25, -0.2) is 4.57 Å². The van der Waals surface area contributed by atoms with Gasteiger partial charge in [0, 0.05) is 24.8 Å². The summed E-state index contributed by atoms with van der Waals surface area (Å²) in [5.41, 5.74) is 0. The Morgan fingerprint density at radius 3 is 2.40 bits per heavy atom. The first-order valence-electron chi connectivity index (χ1n) is 8.07. The number of rotatable bonds is 10. The van der Waals surface area contributed by atoms with Crippen LogP contribution in [-0.4, -0.2) is 54.6 Å². The zero-order chi connectivity index (χ0) is 18.3. The molecule has 0 amide bonds. The third-order valence-corrected chi connectivity index (χ3v) is 5.83. The zero-order valence-electron chi connectivity index (χ0n) is 14.4. The Balaban J connectivity index is 2.11. The van der Waals surface area contributed by atoms with Gasteiger partial charge in [0.1, 0.15) is 11.9 Å². The molecule has 25 heavy (non-hydrogen) atoms. The third-order valence-electron chi connectivity index (χ3n) is 3.49. The highest BCUT2D eigenvalue weighted by Gasteiger charge is 2.39. The first kappa shape index (κ1) is 21.0. The molecule has 1 heterocycles. The summed E-state index contributed by atoms with van der Waals surface area (Å²) in [6.45, 7) is 4.73. The molecule has 0 aliphatic carbocycles. The van der Waals surface area contributed by atoms with Crippen LogP contribution in [0.3, 0.4) is 0 Å². The second-order valence-corrected chi connectivity index (χ2v) is 8.65. The average molecular weight is 412 g/mol. The van der Waals surface area contributed by atoms with Gasteiger partial charge in [0.2, 0.25) is 0 Å². The minimum absolute atomic E-state index is 0.0780. The van der Waals surface area contributed by atoms with Crippen LogP contribution in [0, 0.1) is 0 Å². The largest absolute Gasteiger partial charge is 0.461 e. The molecule has 1 aromatic carbocycles. The van der Waals surface area contributed by atoms with Gasteiger partial charge in [-0.05, 0) is 26.0 Å². The molecule has 1 aromatic rings. The van der Waals surface area contributed by atoms with Crippen LogP contribution < -0.4 is 4.52 Å². The molecule has 1 saturated heterocycles. The predicted molar refractivity (Wildman–Crippen MR) is 98.5 cm³/mol. The summed E-state index contributed by atoms with van der Waals surface area (Å²) < 4.78 is 37.6. The Morgan fingerprint density at radius 1 is 1.24 bits per heavy atom. The quantitative estimate of drug-likeness (QED) is 0.426. The van der Waals surface area contributed by atoms with Crippen LogP contribution in [0.25, 0.3) is 0 Å². The smallest absolute Gasteiger partial charge is 0.413 e. The molecule has 2 rings (SSSR count). The van der Waals surface area contributed by atoms with Crippen molar-refractivity contribution in [3.63, 3.8) is 0 Å². The summed E-state index contributed by atoms with van der Waals surface area (Å²) in [7, 11) is -3.65. The van der Waals surface area contributed by atoms with E-state index in [4.69, 9.17) is 41.7 Å². The van der Waals surface area contributed by atoms with Crippen LogP contribution in [0.1, 0.15) is 13.8 Å². The summed E-state index contributed by atoms with van der Waals surface area (Å²) in [6.07, 6.45) is -0.323. The molecule has 0 unspecified atom stereocenters. The van der Waals surface area contributed by atoms with Gasteiger partial charge in [-0.3, -0.25) is 4.52 Å². The van der Waals surface area contributed by atoms with Crippen LogP contribution in [0.4, 0.5) is 0 Å². The van der Waals surface area contributed by atoms with E-state index in [9.17, 15) is 4.57 Å². The van der Waals surface area contributed by atoms with Crippen LogP contribution in [0.2, 0.25) is 0 Å². The van der Waals surface area contributed by atoms with Crippen LogP contribution in [0.5, 0.6) is 5.75 Å². The maximum absolute atomic E-state index is 13.4. The Labute approximate surface area is 158 Å². The lowest BCUT2D eigenvalue weighted by molar-refractivity contribution is -0.141. The molecule has 1 aliphatic heterocycles. The van der Waals surface area contributed by atoms with E-state index in [-0.39, 0.29) is 24.5 Å². The number of benzene rings is 1. The second-order valence-electron chi connectivity index (χ2n) is 5.95. The van der Waals surface area contributed by atoms with Crippen molar-refractivity contribution in [3.05, 3.63) is 30.3 Å². The number of hydrogen-bond acceptors (Lipinski definition) is 5. The van der Waals surface area contributed by atoms with E-state index in [0.29, 0.717) is 25.4 Å². The molecular weight excluding hydrogens is 388 g/mol. The van der Waals surface area contributed by atoms with E-state index in [1.54, 1.807) is 28.9 Å². The molecule has 1 aliphatic rings. The van der Waals surface area contributed by atoms with E-state index >= 15 is 0 Å². The van der Waals surface area contributed by atoms with Crippen LogP contribution >= 0.6 is 30.9 Å². The summed E-state index contributed by atoms with van der Waals surface area (Å²) in [4.78, 5) is 0. The van der Waals surface area contributed by atoms with Crippen molar-refractivity contribution in [2.24, 2.45) is 0 Å². The number of halogens is 2.